The Hall–Kier alpha value is -2.64. The lowest BCUT2D eigenvalue weighted by atomic mass is 10.2. The Labute approximate surface area is 121 Å². The lowest BCUT2D eigenvalue weighted by Gasteiger charge is -2.07. The summed E-state index contributed by atoms with van der Waals surface area (Å²) in [7, 11) is 1.49. The van der Waals surface area contributed by atoms with Crippen molar-refractivity contribution in [1.82, 2.24) is 15.6 Å². The minimum atomic E-state index is -0.973. The molecule has 21 heavy (non-hydrogen) atoms. The Balaban J connectivity index is 2.30. The van der Waals surface area contributed by atoms with Gasteiger partial charge in [0.25, 0.3) is 0 Å². The van der Waals surface area contributed by atoms with Crippen LogP contribution in [0.4, 0.5) is 4.79 Å². The van der Waals surface area contributed by atoms with E-state index in [-0.39, 0.29) is 25.8 Å². The molecular formula is C13H17N3O5. The van der Waals surface area contributed by atoms with Crippen LogP contribution < -0.4 is 15.4 Å². The second kappa shape index (κ2) is 8.51. The van der Waals surface area contributed by atoms with Gasteiger partial charge in [-0.1, -0.05) is 0 Å². The van der Waals surface area contributed by atoms with Crippen LogP contribution in [0.1, 0.15) is 24.8 Å². The van der Waals surface area contributed by atoms with Crippen LogP contribution >= 0.6 is 0 Å². The highest BCUT2D eigenvalue weighted by Crippen LogP contribution is 2.07. The lowest BCUT2D eigenvalue weighted by molar-refractivity contribution is -0.137. The van der Waals surface area contributed by atoms with E-state index >= 15 is 0 Å². The molecule has 0 aliphatic rings. The predicted octanol–water partition coefficient (Wildman–Crippen LogP) is 0.671. The summed E-state index contributed by atoms with van der Waals surface area (Å²) < 4.78 is 4.95. The van der Waals surface area contributed by atoms with Crippen molar-refractivity contribution < 1.29 is 24.2 Å². The minimum absolute atomic E-state index is 0.0111. The first-order valence-corrected chi connectivity index (χ1v) is 6.29. The van der Waals surface area contributed by atoms with Crippen molar-refractivity contribution in [2.75, 3.05) is 7.11 Å². The third-order valence-corrected chi connectivity index (χ3v) is 2.51. The molecule has 0 atom stereocenters. The monoisotopic (exact) mass is 295 g/mol. The molecular weight excluding hydrogens is 278 g/mol. The third kappa shape index (κ3) is 6.90. The van der Waals surface area contributed by atoms with Gasteiger partial charge in [0.2, 0.25) is 11.8 Å². The van der Waals surface area contributed by atoms with Crippen molar-refractivity contribution in [3.63, 3.8) is 0 Å². The Kier molecular flexibility index (Phi) is 6.66. The second-order valence-electron chi connectivity index (χ2n) is 4.18. The van der Waals surface area contributed by atoms with E-state index in [1.54, 1.807) is 18.3 Å². The SMILES string of the molecule is COc1cc(CNC(=O)NC(=O)CCCC(=O)O)ccn1. The van der Waals surface area contributed by atoms with E-state index in [1.807, 2.05) is 0 Å². The number of pyridine rings is 1. The molecule has 1 aromatic rings. The first kappa shape index (κ1) is 16.4. The van der Waals surface area contributed by atoms with E-state index in [0.29, 0.717) is 5.88 Å². The number of nitrogens with zero attached hydrogens (tertiary/aromatic N) is 1. The van der Waals surface area contributed by atoms with Gasteiger partial charge in [-0.05, 0) is 18.1 Å². The number of urea groups is 1. The summed E-state index contributed by atoms with van der Waals surface area (Å²) in [6.07, 6.45) is 1.62. The minimum Gasteiger partial charge on any atom is -0.481 e. The van der Waals surface area contributed by atoms with E-state index < -0.39 is 17.9 Å². The molecule has 0 fully saturated rings. The number of hydrogen-bond donors (Lipinski definition) is 3. The first-order valence-electron chi connectivity index (χ1n) is 6.29. The number of carboxylic acids is 1. The molecule has 1 aromatic heterocycles. The van der Waals surface area contributed by atoms with Gasteiger partial charge in [0.05, 0.1) is 7.11 Å². The summed E-state index contributed by atoms with van der Waals surface area (Å²) >= 11 is 0. The molecule has 0 saturated carbocycles. The molecule has 0 aliphatic carbocycles. The van der Waals surface area contributed by atoms with Gasteiger partial charge in [-0.15, -0.1) is 0 Å². The molecule has 114 valence electrons. The average molecular weight is 295 g/mol. The van der Waals surface area contributed by atoms with Crippen molar-refractivity contribution in [3.8, 4) is 5.88 Å². The number of imide groups is 1. The normalized spacial score (nSPS) is 9.76. The van der Waals surface area contributed by atoms with E-state index in [2.05, 4.69) is 15.6 Å². The molecule has 0 spiro atoms. The highest BCUT2D eigenvalue weighted by molar-refractivity contribution is 5.94. The van der Waals surface area contributed by atoms with Gasteiger partial charge in [0, 0.05) is 31.6 Å². The third-order valence-electron chi connectivity index (χ3n) is 2.51. The Morgan fingerprint density at radius 3 is 2.76 bits per heavy atom. The Morgan fingerprint density at radius 1 is 1.33 bits per heavy atom. The van der Waals surface area contributed by atoms with E-state index in [9.17, 15) is 14.4 Å². The second-order valence-corrected chi connectivity index (χ2v) is 4.18. The summed E-state index contributed by atoms with van der Waals surface area (Å²) in [6, 6.07) is 2.73. The number of amides is 3. The molecule has 0 unspecified atom stereocenters. The first-order chi connectivity index (χ1) is 10.0. The predicted molar refractivity (Wildman–Crippen MR) is 72.7 cm³/mol. The largest absolute Gasteiger partial charge is 0.481 e. The molecule has 0 saturated heterocycles. The van der Waals surface area contributed by atoms with Gasteiger partial charge in [0.1, 0.15) is 0 Å². The molecule has 0 radical (unpaired) electrons. The molecule has 3 amide bonds. The van der Waals surface area contributed by atoms with Gasteiger partial charge in [-0.2, -0.15) is 0 Å². The van der Waals surface area contributed by atoms with Gasteiger partial charge in [-0.25, -0.2) is 9.78 Å². The van der Waals surface area contributed by atoms with Gasteiger partial charge >= 0.3 is 12.0 Å². The number of aliphatic carboxylic acids is 1. The quantitative estimate of drug-likeness (QED) is 0.680. The number of aromatic nitrogens is 1. The number of methoxy groups -OCH3 is 1. The zero-order valence-corrected chi connectivity index (χ0v) is 11.6. The number of hydrogen-bond acceptors (Lipinski definition) is 5. The molecule has 8 nitrogen and oxygen atoms in total. The van der Waals surface area contributed by atoms with Crippen LogP contribution in [-0.4, -0.2) is 35.1 Å². The van der Waals surface area contributed by atoms with Crippen molar-refractivity contribution in [3.05, 3.63) is 23.9 Å². The van der Waals surface area contributed by atoms with Gasteiger partial charge < -0.3 is 15.2 Å². The number of carbonyl (C=O) groups excluding carboxylic acids is 2. The van der Waals surface area contributed by atoms with Crippen LogP contribution in [0.3, 0.4) is 0 Å². The number of carboxylic acid groups (broad SMARTS) is 1. The van der Waals surface area contributed by atoms with Crippen molar-refractivity contribution >= 4 is 17.9 Å². The number of rotatable bonds is 7. The van der Waals surface area contributed by atoms with Crippen LogP contribution in [0.15, 0.2) is 18.3 Å². The van der Waals surface area contributed by atoms with E-state index in [1.165, 1.54) is 7.11 Å². The lowest BCUT2D eigenvalue weighted by Crippen LogP contribution is -2.39. The van der Waals surface area contributed by atoms with Crippen LogP contribution in [0.25, 0.3) is 0 Å². The average Bonchev–Trinajstić information content (AvgIpc) is 2.45. The summed E-state index contributed by atoms with van der Waals surface area (Å²) in [5, 5.41) is 13.1. The van der Waals surface area contributed by atoms with Crippen LogP contribution in [0.5, 0.6) is 5.88 Å². The van der Waals surface area contributed by atoms with E-state index in [0.717, 1.165) is 5.56 Å². The van der Waals surface area contributed by atoms with Gasteiger partial charge in [-0.3, -0.25) is 14.9 Å². The molecule has 1 rings (SSSR count). The molecule has 8 heteroatoms. The molecule has 0 aromatic carbocycles. The highest BCUT2D eigenvalue weighted by atomic mass is 16.5. The van der Waals surface area contributed by atoms with Crippen molar-refractivity contribution in [1.29, 1.82) is 0 Å². The highest BCUT2D eigenvalue weighted by Gasteiger charge is 2.08. The molecule has 0 aliphatic heterocycles. The number of nitrogens with one attached hydrogen (secondary N) is 2. The van der Waals surface area contributed by atoms with Crippen LogP contribution in [0.2, 0.25) is 0 Å². The fraction of sp³-hybridized carbons (Fsp3) is 0.385. The Bertz CT molecular complexity index is 518. The zero-order valence-electron chi connectivity index (χ0n) is 11.6. The van der Waals surface area contributed by atoms with Crippen LogP contribution in [0, 0.1) is 0 Å². The van der Waals surface area contributed by atoms with Gasteiger partial charge in [0.15, 0.2) is 0 Å². The number of ether oxygens (including phenoxy) is 1. The molecule has 3 N–H and O–H groups in total. The van der Waals surface area contributed by atoms with Crippen LogP contribution in [-0.2, 0) is 16.1 Å². The fourth-order valence-corrected chi connectivity index (χ4v) is 1.49. The summed E-state index contributed by atoms with van der Waals surface area (Å²) in [5.74, 6) is -1.06. The standard InChI is InChI=1S/C13H17N3O5/c1-21-11-7-9(5-6-14-11)8-15-13(20)16-10(17)3-2-4-12(18)19/h5-7H,2-4,8H2,1H3,(H,18,19)(H2,15,16,17,20). The Morgan fingerprint density at radius 2 is 2.10 bits per heavy atom. The summed E-state index contributed by atoms with van der Waals surface area (Å²) in [6.45, 7) is 0.215. The van der Waals surface area contributed by atoms with E-state index in [4.69, 9.17) is 9.84 Å². The van der Waals surface area contributed by atoms with Crippen molar-refractivity contribution in [2.24, 2.45) is 0 Å². The molecule has 1 heterocycles. The molecule has 0 bridgehead atoms. The number of carbonyl (C=O) groups is 3. The maximum Gasteiger partial charge on any atom is 0.321 e. The fourth-order valence-electron chi connectivity index (χ4n) is 1.49. The summed E-state index contributed by atoms with van der Waals surface area (Å²) in [5.41, 5.74) is 0.773. The zero-order chi connectivity index (χ0) is 15.7. The summed E-state index contributed by atoms with van der Waals surface area (Å²) in [4.78, 5) is 37.0. The maximum absolute atomic E-state index is 11.5. The topological polar surface area (TPSA) is 118 Å². The smallest absolute Gasteiger partial charge is 0.321 e. The maximum atomic E-state index is 11.5. The van der Waals surface area contributed by atoms with Crippen molar-refractivity contribution in [2.45, 2.75) is 25.8 Å².